The summed E-state index contributed by atoms with van der Waals surface area (Å²) in [5, 5.41) is 0. The van der Waals surface area contributed by atoms with Gasteiger partial charge in [-0.1, -0.05) is 0 Å². The van der Waals surface area contributed by atoms with Crippen LogP contribution in [0.5, 0.6) is 0 Å². The Bertz CT molecular complexity index is 568. The largest absolute Gasteiger partial charge is 0.330 e. The number of sulfonamides is 1. The number of nitrogens with two attached hydrogens (primary N) is 1. The molecule has 1 saturated heterocycles. The summed E-state index contributed by atoms with van der Waals surface area (Å²) in [6, 6.07) is 6.26. The molecule has 1 unspecified atom stereocenters. The lowest BCUT2D eigenvalue weighted by atomic mass is 10.1. The number of carbonyl (C=O) groups excluding carboxylic acids is 1. The van der Waals surface area contributed by atoms with Crippen LogP contribution in [0.1, 0.15) is 6.42 Å². The highest BCUT2D eigenvalue weighted by Crippen LogP contribution is 2.25. The Hall–Kier alpha value is -1.44. The van der Waals surface area contributed by atoms with E-state index in [1.165, 1.54) is 19.2 Å². The van der Waals surface area contributed by atoms with Crippen molar-refractivity contribution in [3.05, 3.63) is 24.3 Å². The zero-order valence-electron chi connectivity index (χ0n) is 10.7. The number of hydrogen-bond donors (Lipinski definition) is 2. The van der Waals surface area contributed by atoms with E-state index in [4.69, 9.17) is 5.73 Å². The molecule has 104 valence electrons. The van der Waals surface area contributed by atoms with Crippen LogP contribution in [-0.2, 0) is 14.8 Å². The fourth-order valence-corrected chi connectivity index (χ4v) is 2.84. The quantitative estimate of drug-likeness (QED) is 0.807. The maximum Gasteiger partial charge on any atom is 0.240 e. The molecule has 0 radical (unpaired) electrons. The molecule has 1 heterocycles. The van der Waals surface area contributed by atoms with Gasteiger partial charge in [-0.2, -0.15) is 0 Å². The van der Waals surface area contributed by atoms with Gasteiger partial charge in [-0.15, -0.1) is 0 Å². The first-order valence-electron chi connectivity index (χ1n) is 6.02. The van der Waals surface area contributed by atoms with Gasteiger partial charge >= 0.3 is 0 Å². The Morgan fingerprint density at radius 1 is 1.37 bits per heavy atom. The summed E-state index contributed by atoms with van der Waals surface area (Å²) in [4.78, 5) is 13.6. The minimum absolute atomic E-state index is 0.0275. The van der Waals surface area contributed by atoms with Crippen molar-refractivity contribution >= 4 is 21.6 Å². The number of benzene rings is 1. The van der Waals surface area contributed by atoms with E-state index in [1.54, 1.807) is 17.0 Å². The zero-order chi connectivity index (χ0) is 14.0. The highest BCUT2D eigenvalue weighted by Gasteiger charge is 2.29. The van der Waals surface area contributed by atoms with Crippen LogP contribution in [0.3, 0.4) is 0 Å². The van der Waals surface area contributed by atoms with Gasteiger partial charge in [0.25, 0.3) is 0 Å². The van der Waals surface area contributed by atoms with Crippen molar-refractivity contribution in [2.24, 2.45) is 11.7 Å². The van der Waals surface area contributed by atoms with Crippen molar-refractivity contribution in [1.29, 1.82) is 0 Å². The van der Waals surface area contributed by atoms with Gasteiger partial charge in [-0.3, -0.25) is 4.79 Å². The van der Waals surface area contributed by atoms with Crippen LogP contribution < -0.4 is 15.4 Å². The Morgan fingerprint density at radius 3 is 2.47 bits per heavy atom. The predicted molar refractivity (Wildman–Crippen MR) is 72.2 cm³/mol. The van der Waals surface area contributed by atoms with Crippen molar-refractivity contribution in [2.45, 2.75) is 11.3 Å². The van der Waals surface area contributed by atoms with E-state index in [2.05, 4.69) is 4.72 Å². The van der Waals surface area contributed by atoms with Crippen LogP contribution in [-0.4, -0.2) is 34.5 Å². The molecule has 0 bridgehead atoms. The van der Waals surface area contributed by atoms with Crippen molar-refractivity contribution in [3.63, 3.8) is 0 Å². The molecule has 2 rings (SSSR count). The number of nitrogens with one attached hydrogen (secondary N) is 1. The van der Waals surface area contributed by atoms with E-state index in [9.17, 15) is 13.2 Å². The van der Waals surface area contributed by atoms with Crippen molar-refractivity contribution in [3.8, 4) is 0 Å². The van der Waals surface area contributed by atoms with Gasteiger partial charge in [0.15, 0.2) is 0 Å². The average Bonchev–Trinajstić information content (AvgIpc) is 2.80. The van der Waals surface area contributed by atoms with E-state index >= 15 is 0 Å². The summed E-state index contributed by atoms with van der Waals surface area (Å²) in [6.45, 7) is 1.07. The first kappa shape index (κ1) is 14.0. The minimum Gasteiger partial charge on any atom is -0.330 e. The van der Waals surface area contributed by atoms with E-state index in [1.807, 2.05) is 0 Å². The third-order valence-corrected chi connectivity index (χ3v) is 4.70. The van der Waals surface area contributed by atoms with Gasteiger partial charge in [-0.05, 0) is 43.8 Å². The monoisotopic (exact) mass is 283 g/mol. The molecule has 1 atom stereocenters. The minimum atomic E-state index is -3.44. The first-order chi connectivity index (χ1) is 8.97. The molecule has 1 amide bonds. The summed E-state index contributed by atoms with van der Waals surface area (Å²) in [5.41, 5.74) is 6.27. The molecule has 19 heavy (non-hydrogen) atoms. The maximum atomic E-state index is 11.8. The van der Waals surface area contributed by atoms with Crippen molar-refractivity contribution in [2.75, 3.05) is 25.0 Å². The summed E-state index contributed by atoms with van der Waals surface area (Å²) >= 11 is 0. The SMILES string of the molecule is CNS(=O)(=O)c1ccc(N2CC(CN)CC2=O)cc1. The zero-order valence-corrected chi connectivity index (χ0v) is 11.5. The predicted octanol–water partition coefficient (Wildman–Crippen LogP) is -0.0937. The number of amides is 1. The summed E-state index contributed by atoms with van der Waals surface area (Å²) in [5.74, 6) is 0.202. The molecule has 0 spiro atoms. The fraction of sp³-hybridized carbons (Fsp3) is 0.417. The molecule has 0 aromatic heterocycles. The molecule has 1 aromatic rings. The molecule has 3 N–H and O–H groups in total. The number of nitrogens with zero attached hydrogens (tertiary/aromatic N) is 1. The van der Waals surface area contributed by atoms with Crippen molar-refractivity contribution in [1.82, 2.24) is 4.72 Å². The highest BCUT2D eigenvalue weighted by atomic mass is 32.2. The average molecular weight is 283 g/mol. The molecule has 1 aliphatic heterocycles. The van der Waals surface area contributed by atoms with Gasteiger partial charge in [0, 0.05) is 18.7 Å². The number of carbonyl (C=O) groups is 1. The molecule has 0 saturated carbocycles. The normalized spacial score (nSPS) is 20.0. The Balaban J connectivity index is 2.22. The summed E-state index contributed by atoms with van der Waals surface area (Å²) in [7, 11) is -2.08. The second-order valence-corrected chi connectivity index (χ2v) is 6.40. The van der Waals surface area contributed by atoms with E-state index in [0.29, 0.717) is 25.2 Å². The number of anilines is 1. The standard InChI is InChI=1S/C12H17N3O3S/c1-14-19(17,18)11-4-2-10(3-5-11)15-8-9(7-13)6-12(15)16/h2-5,9,14H,6-8,13H2,1H3. The molecule has 6 nitrogen and oxygen atoms in total. The van der Waals surface area contributed by atoms with Gasteiger partial charge in [0.2, 0.25) is 15.9 Å². The Labute approximate surface area is 112 Å². The molecular weight excluding hydrogens is 266 g/mol. The first-order valence-corrected chi connectivity index (χ1v) is 7.50. The third kappa shape index (κ3) is 2.78. The molecule has 1 aromatic carbocycles. The topological polar surface area (TPSA) is 92.5 Å². The molecule has 0 aliphatic carbocycles. The smallest absolute Gasteiger partial charge is 0.240 e. The molecular formula is C12H17N3O3S. The van der Waals surface area contributed by atoms with Gasteiger partial charge in [0.05, 0.1) is 4.90 Å². The summed E-state index contributed by atoms with van der Waals surface area (Å²) in [6.07, 6.45) is 0.451. The lowest BCUT2D eigenvalue weighted by Gasteiger charge is -2.16. The van der Waals surface area contributed by atoms with E-state index in [0.717, 1.165) is 0 Å². The maximum absolute atomic E-state index is 11.8. The van der Waals surface area contributed by atoms with Crippen LogP contribution >= 0.6 is 0 Å². The van der Waals surface area contributed by atoms with Crippen LogP contribution in [0.15, 0.2) is 29.2 Å². The molecule has 7 heteroatoms. The number of hydrogen-bond acceptors (Lipinski definition) is 4. The van der Waals surface area contributed by atoms with Crippen LogP contribution in [0.4, 0.5) is 5.69 Å². The molecule has 1 fully saturated rings. The van der Waals surface area contributed by atoms with Gasteiger partial charge in [0.1, 0.15) is 0 Å². The third-order valence-electron chi connectivity index (χ3n) is 3.27. The lowest BCUT2D eigenvalue weighted by molar-refractivity contribution is -0.117. The second kappa shape index (κ2) is 5.28. The van der Waals surface area contributed by atoms with E-state index < -0.39 is 10.0 Å². The molecule has 1 aliphatic rings. The van der Waals surface area contributed by atoms with Gasteiger partial charge in [-0.25, -0.2) is 13.1 Å². The lowest BCUT2D eigenvalue weighted by Crippen LogP contribution is -2.26. The Kier molecular flexibility index (Phi) is 3.88. The van der Waals surface area contributed by atoms with Crippen LogP contribution in [0, 0.1) is 5.92 Å². The Morgan fingerprint density at radius 2 is 2.00 bits per heavy atom. The van der Waals surface area contributed by atoms with Gasteiger partial charge < -0.3 is 10.6 Å². The highest BCUT2D eigenvalue weighted by molar-refractivity contribution is 7.89. The number of rotatable bonds is 4. The van der Waals surface area contributed by atoms with Crippen LogP contribution in [0.25, 0.3) is 0 Å². The van der Waals surface area contributed by atoms with Crippen LogP contribution in [0.2, 0.25) is 0 Å². The second-order valence-electron chi connectivity index (χ2n) is 4.51. The van der Waals surface area contributed by atoms with E-state index in [-0.39, 0.29) is 16.7 Å². The summed E-state index contributed by atoms with van der Waals surface area (Å²) < 4.78 is 25.4. The van der Waals surface area contributed by atoms with Crippen molar-refractivity contribution < 1.29 is 13.2 Å². The fourth-order valence-electron chi connectivity index (χ4n) is 2.11.